The van der Waals surface area contributed by atoms with Crippen molar-refractivity contribution in [1.82, 2.24) is 4.98 Å². The van der Waals surface area contributed by atoms with Crippen molar-refractivity contribution in [1.29, 1.82) is 0 Å². The van der Waals surface area contributed by atoms with Gasteiger partial charge < -0.3 is 0 Å². The average Bonchev–Trinajstić information content (AvgIpc) is 2.63. The first-order valence-electron chi connectivity index (χ1n) is 4.97. The van der Waals surface area contributed by atoms with Crippen molar-refractivity contribution >= 4 is 17.1 Å². The molecule has 0 aliphatic heterocycles. The number of ketones is 1. The van der Waals surface area contributed by atoms with Crippen LogP contribution in [-0.2, 0) is 17.4 Å². The number of alkyl halides is 3. The minimum absolute atomic E-state index is 0.0875. The fourth-order valence-electron chi connectivity index (χ4n) is 1.22. The normalized spacial score (nSPS) is 11.8. The lowest BCUT2D eigenvalue weighted by Gasteiger charge is -1.99. The van der Waals surface area contributed by atoms with E-state index < -0.39 is 11.2 Å². The topological polar surface area (TPSA) is 30.0 Å². The van der Waals surface area contributed by atoms with Gasteiger partial charge in [-0.3, -0.25) is 4.79 Å². The predicted octanol–water partition coefficient (Wildman–Crippen LogP) is 3.46. The lowest BCUT2D eigenvalue weighted by atomic mass is 10.1. The molecule has 0 saturated heterocycles. The van der Waals surface area contributed by atoms with E-state index >= 15 is 0 Å². The molecule has 1 aromatic heterocycles. The number of halogens is 3. The highest BCUT2D eigenvalue weighted by atomic mass is 32.1. The Balaban J connectivity index is 2.50. The Morgan fingerprint density at radius 2 is 2.12 bits per heavy atom. The summed E-state index contributed by atoms with van der Waals surface area (Å²) >= 11 is 0.612. The van der Waals surface area contributed by atoms with E-state index in [0.717, 1.165) is 6.42 Å². The summed E-state index contributed by atoms with van der Waals surface area (Å²) in [6, 6.07) is 0. The lowest BCUT2D eigenvalue weighted by Crippen LogP contribution is -2.02. The Labute approximate surface area is 95.5 Å². The molecule has 0 aromatic carbocycles. The van der Waals surface area contributed by atoms with Gasteiger partial charge >= 0.3 is 6.18 Å². The van der Waals surface area contributed by atoms with Crippen molar-refractivity contribution in [2.75, 3.05) is 0 Å². The minimum atomic E-state index is -4.38. The number of rotatable bonds is 5. The van der Waals surface area contributed by atoms with Crippen molar-refractivity contribution in [2.45, 2.75) is 38.8 Å². The summed E-state index contributed by atoms with van der Waals surface area (Å²) in [7, 11) is 0. The van der Waals surface area contributed by atoms with E-state index in [1.165, 1.54) is 6.20 Å². The van der Waals surface area contributed by atoms with Crippen LogP contribution in [-0.4, -0.2) is 10.8 Å². The second kappa shape index (κ2) is 5.43. The number of thiazole rings is 1. The summed E-state index contributed by atoms with van der Waals surface area (Å²) in [6.45, 7) is 1.90. The maximum Gasteiger partial charge on any atom is 0.443 e. The molecule has 0 bridgehead atoms. The van der Waals surface area contributed by atoms with E-state index in [9.17, 15) is 18.0 Å². The van der Waals surface area contributed by atoms with Crippen LogP contribution in [0.5, 0.6) is 0 Å². The third-order valence-electron chi connectivity index (χ3n) is 1.98. The molecule has 6 heteroatoms. The quantitative estimate of drug-likeness (QED) is 0.802. The summed E-state index contributed by atoms with van der Waals surface area (Å²) in [5.74, 6) is 0.0875. The van der Waals surface area contributed by atoms with Gasteiger partial charge in [0.25, 0.3) is 0 Å². The lowest BCUT2D eigenvalue weighted by molar-refractivity contribution is -0.137. The molecule has 0 unspecified atom stereocenters. The van der Waals surface area contributed by atoms with Gasteiger partial charge in [-0.15, -0.1) is 11.3 Å². The number of nitrogens with zero attached hydrogens (tertiary/aromatic N) is 1. The Morgan fingerprint density at radius 3 is 2.62 bits per heavy atom. The fourth-order valence-corrected chi connectivity index (χ4v) is 2.00. The molecule has 1 rings (SSSR count). The van der Waals surface area contributed by atoms with E-state index in [4.69, 9.17) is 0 Å². The summed E-state index contributed by atoms with van der Waals surface area (Å²) in [5.41, 5.74) is 0. The van der Waals surface area contributed by atoms with Crippen LogP contribution in [0.4, 0.5) is 13.2 Å². The third kappa shape index (κ3) is 3.92. The molecule has 1 aromatic rings. The van der Waals surface area contributed by atoms with Crippen LogP contribution in [0.2, 0.25) is 0 Å². The van der Waals surface area contributed by atoms with Crippen molar-refractivity contribution in [3.8, 4) is 0 Å². The summed E-state index contributed by atoms with van der Waals surface area (Å²) in [4.78, 5) is 15.0. The Kier molecular flexibility index (Phi) is 4.46. The standard InChI is InChI=1S/C10H12F3NOS/c1-2-3-7(15)4-5-8-6-14-9(16-8)10(11,12)13/h6H,2-5H2,1H3. The van der Waals surface area contributed by atoms with E-state index in [1.807, 2.05) is 6.92 Å². The number of hydrogen-bond acceptors (Lipinski definition) is 3. The zero-order valence-corrected chi connectivity index (χ0v) is 9.62. The Morgan fingerprint density at radius 1 is 1.44 bits per heavy atom. The molecule has 0 aliphatic carbocycles. The second-order valence-electron chi connectivity index (χ2n) is 3.42. The molecule has 1 heterocycles. The zero-order chi connectivity index (χ0) is 12.2. The van der Waals surface area contributed by atoms with Gasteiger partial charge in [-0.1, -0.05) is 6.92 Å². The Bertz CT molecular complexity index is 359. The SMILES string of the molecule is CCCC(=O)CCc1cnc(C(F)(F)F)s1. The van der Waals surface area contributed by atoms with Gasteiger partial charge in [-0.2, -0.15) is 13.2 Å². The molecule has 2 nitrogen and oxygen atoms in total. The molecule has 16 heavy (non-hydrogen) atoms. The highest BCUT2D eigenvalue weighted by molar-refractivity contribution is 7.11. The van der Waals surface area contributed by atoms with Crippen LogP contribution in [0.25, 0.3) is 0 Å². The molecule has 0 amide bonds. The first kappa shape index (κ1) is 13.2. The largest absolute Gasteiger partial charge is 0.443 e. The maximum atomic E-state index is 12.2. The minimum Gasteiger partial charge on any atom is -0.300 e. The Hall–Kier alpha value is -0.910. The van der Waals surface area contributed by atoms with Crippen molar-refractivity contribution in [3.63, 3.8) is 0 Å². The van der Waals surface area contributed by atoms with Crippen LogP contribution >= 0.6 is 11.3 Å². The molecule has 0 spiro atoms. The van der Waals surface area contributed by atoms with E-state index in [2.05, 4.69) is 4.98 Å². The van der Waals surface area contributed by atoms with Gasteiger partial charge in [0.05, 0.1) is 0 Å². The number of Topliss-reactive ketones (excluding diaryl/α,β-unsaturated/α-hetero) is 1. The van der Waals surface area contributed by atoms with Crippen LogP contribution in [0.15, 0.2) is 6.20 Å². The molecular weight excluding hydrogens is 239 g/mol. The molecule has 0 radical (unpaired) electrons. The summed E-state index contributed by atoms with van der Waals surface area (Å²) in [6.07, 6.45) is -1.26. The first-order valence-corrected chi connectivity index (χ1v) is 5.78. The molecule has 90 valence electrons. The highest BCUT2D eigenvalue weighted by Gasteiger charge is 2.34. The zero-order valence-electron chi connectivity index (χ0n) is 8.80. The summed E-state index contributed by atoms with van der Waals surface area (Å²) < 4.78 is 36.6. The highest BCUT2D eigenvalue weighted by Crippen LogP contribution is 2.32. The molecular formula is C10H12F3NOS. The molecule has 0 aliphatic rings. The average molecular weight is 251 g/mol. The van der Waals surface area contributed by atoms with Crippen LogP contribution in [0.3, 0.4) is 0 Å². The second-order valence-corrected chi connectivity index (χ2v) is 4.53. The van der Waals surface area contributed by atoms with Gasteiger partial charge in [-0.25, -0.2) is 4.98 Å². The monoisotopic (exact) mass is 251 g/mol. The van der Waals surface area contributed by atoms with Crippen LogP contribution in [0.1, 0.15) is 36.1 Å². The maximum absolute atomic E-state index is 12.2. The van der Waals surface area contributed by atoms with Crippen molar-refractivity contribution in [3.05, 3.63) is 16.1 Å². The third-order valence-corrected chi connectivity index (χ3v) is 3.08. The van der Waals surface area contributed by atoms with Gasteiger partial charge in [0.1, 0.15) is 5.78 Å². The van der Waals surface area contributed by atoms with Crippen molar-refractivity contribution in [2.24, 2.45) is 0 Å². The number of aryl methyl sites for hydroxylation is 1. The van der Waals surface area contributed by atoms with Crippen LogP contribution in [0, 0.1) is 0 Å². The summed E-state index contributed by atoms with van der Waals surface area (Å²) in [5, 5.41) is -0.842. The number of carbonyl (C=O) groups is 1. The number of hydrogen-bond donors (Lipinski definition) is 0. The fraction of sp³-hybridized carbons (Fsp3) is 0.600. The van der Waals surface area contributed by atoms with E-state index in [1.54, 1.807) is 0 Å². The van der Waals surface area contributed by atoms with Crippen LogP contribution < -0.4 is 0 Å². The first-order chi connectivity index (χ1) is 7.43. The molecule has 0 atom stereocenters. The predicted molar refractivity (Wildman–Crippen MR) is 55.4 cm³/mol. The van der Waals surface area contributed by atoms with Gasteiger partial charge in [0, 0.05) is 23.9 Å². The van der Waals surface area contributed by atoms with Gasteiger partial charge in [0.2, 0.25) is 0 Å². The number of aromatic nitrogens is 1. The van der Waals surface area contributed by atoms with Gasteiger partial charge in [0.15, 0.2) is 5.01 Å². The van der Waals surface area contributed by atoms with Crippen molar-refractivity contribution < 1.29 is 18.0 Å². The number of carbonyl (C=O) groups excluding carboxylic acids is 1. The van der Waals surface area contributed by atoms with E-state index in [0.29, 0.717) is 35.5 Å². The molecule has 0 fully saturated rings. The van der Waals surface area contributed by atoms with E-state index in [-0.39, 0.29) is 5.78 Å². The van der Waals surface area contributed by atoms with Gasteiger partial charge in [-0.05, 0) is 12.8 Å². The molecule has 0 saturated carbocycles. The molecule has 0 N–H and O–H groups in total. The smallest absolute Gasteiger partial charge is 0.300 e.